The van der Waals surface area contributed by atoms with Gasteiger partial charge in [0.2, 0.25) is 0 Å². The molecule has 0 aliphatic heterocycles. The van der Waals surface area contributed by atoms with Crippen LogP contribution in [0.3, 0.4) is 0 Å². The molecule has 0 fully saturated rings. The lowest BCUT2D eigenvalue weighted by Crippen LogP contribution is -2.37. The Kier molecular flexibility index (Phi) is 9.01. The van der Waals surface area contributed by atoms with E-state index in [0.717, 1.165) is 12.1 Å². The maximum absolute atomic E-state index is 14.1. The van der Waals surface area contributed by atoms with Gasteiger partial charge in [-0.1, -0.05) is 27.7 Å². The van der Waals surface area contributed by atoms with Gasteiger partial charge >= 0.3 is 5.97 Å². The quantitative estimate of drug-likeness (QED) is 0.271. The summed E-state index contributed by atoms with van der Waals surface area (Å²) in [6.07, 6.45) is 0.0119. The number of fused-ring (bicyclic) bond motifs is 1. The van der Waals surface area contributed by atoms with Crippen molar-refractivity contribution >= 4 is 23.3 Å². The van der Waals surface area contributed by atoms with Gasteiger partial charge < -0.3 is 14.5 Å². The molecule has 38 heavy (non-hydrogen) atoms. The summed E-state index contributed by atoms with van der Waals surface area (Å²) >= 11 is 0. The van der Waals surface area contributed by atoms with Gasteiger partial charge in [-0.3, -0.25) is 9.59 Å². The Hall–Kier alpha value is -3.63. The van der Waals surface area contributed by atoms with Crippen LogP contribution in [0.1, 0.15) is 51.5 Å². The lowest BCUT2D eigenvalue weighted by atomic mass is 10.1. The highest BCUT2D eigenvalue weighted by molar-refractivity contribution is 5.94. The predicted molar refractivity (Wildman–Crippen MR) is 138 cm³/mol. The Morgan fingerprint density at radius 2 is 1.55 bits per heavy atom. The molecular weight excluding hydrogens is 499 g/mol. The van der Waals surface area contributed by atoms with Gasteiger partial charge in [-0.15, -0.1) is 0 Å². The van der Waals surface area contributed by atoms with Crippen LogP contribution in [0.2, 0.25) is 0 Å². The third-order valence-corrected chi connectivity index (χ3v) is 6.07. The number of carbonyl (C=O) groups is 2. The third-order valence-electron chi connectivity index (χ3n) is 6.07. The van der Waals surface area contributed by atoms with Gasteiger partial charge in [-0.2, -0.15) is 9.61 Å². The normalized spacial score (nSPS) is 12.3. The molecule has 0 spiro atoms. The van der Waals surface area contributed by atoms with Crippen LogP contribution in [-0.2, 0) is 9.53 Å². The average molecular weight is 534 g/mol. The number of amides is 1. The molecule has 8 nitrogen and oxygen atoms in total. The summed E-state index contributed by atoms with van der Waals surface area (Å²) in [7, 11) is 2.84. The Labute approximate surface area is 220 Å². The minimum absolute atomic E-state index is 0.0119. The second-order valence-electron chi connectivity index (χ2n) is 10.3. The highest BCUT2D eigenvalue weighted by atomic mass is 19.2. The summed E-state index contributed by atoms with van der Waals surface area (Å²) in [5, 5.41) is 4.53. The Morgan fingerprint density at radius 1 is 0.974 bits per heavy atom. The molecule has 0 saturated carbocycles. The predicted octanol–water partition coefficient (Wildman–Crippen LogP) is 4.96. The number of methoxy groups -OCH3 is 1. The SMILES string of the molecule is COC(=O)CC(C)N(C)C(=O)c1cc2nc(-c3cc(F)c(F)c(F)c3)cc(N(CC(C)C)CC(C)C)n2n1. The number of rotatable bonds is 10. The summed E-state index contributed by atoms with van der Waals surface area (Å²) < 4.78 is 48.0. The molecule has 2 aromatic heterocycles. The zero-order chi connectivity index (χ0) is 28.3. The summed E-state index contributed by atoms with van der Waals surface area (Å²) in [5.74, 6) is -3.98. The van der Waals surface area contributed by atoms with Gasteiger partial charge in [0, 0.05) is 43.9 Å². The van der Waals surface area contributed by atoms with Crippen LogP contribution in [0.5, 0.6) is 0 Å². The van der Waals surface area contributed by atoms with E-state index in [1.165, 1.54) is 22.6 Å². The summed E-state index contributed by atoms with van der Waals surface area (Å²) in [4.78, 5) is 32.9. The fourth-order valence-corrected chi connectivity index (χ4v) is 4.13. The maximum atomic E-state index is 14.1. The molecule has 1 unspecified atom stereocenters. The molecule has 0 aliphatic carbocycles. The Bertz CT molecular complexity index is 1290. The highest BCUT2D eigenvalue weighted by Gasteiger charge is 2.25. The van der Waals surface area contributed by atoms with Gasteiger partial charge in [0.25, 0.3) is 5.91 Å². The molecule has 2 heterocycles. The zero-order valence-corrected chi connectivity index (χ0v) is 22.8. The number of aromatic nitrogens is 3. The fraction of sp³-hybridized carbons (Fsp3) is 0.481. The molecule has 3 rings (SSSR count). The van der Waals surface area contributed by atoms with Gasteiger partial charge in [0.1, 0.15) is 5.82 Å². The number of carbonyl (C=O) groups excluding carboxylic acids is 2. The minimum Gasteiger partial charge on any atom is -0.469 e. The minimum atomic E-state index is -1.56. The van der Waals surface area contributed by atoms with E-state index in [9.17, 15) is 22.8 Å². The van der Waals surface area contributed by atoms with E-state index in [1.807, 2.05) is 0 Å². The average Bonchev–Trinajstić information content (AvgIpc) is 3.28. The van der Waals surface area contributed by atoms with Crippen molar-refractivity contribution in [3.8, 4) is 11.3 Å². The van der Waals surface area contributed by atoms with Crippen molar-refractivity contribution in [2.24, 2.45) is 11.8 Å². The molecule has 3 aromatic rings. The second kappa shape index (κ2) is 11.8. The molecule has 0 N–H and O–H groups in total. The van der Waals surface area contributed by atoms with Gasteiger partial charge in [-0.05, 0) is 30.9 Å². The summed E-state index contributed by atoms with van der Waals surface area (Å²) in [6.45, 7) is 11.3. The molecule has 1 aromatic carbocycles. The van der Waals surface area contributed by atoms with Crippen LogP contribution in [-0.4, -0.2) is 64.7 Å². The van der Waals surface area contributed by atoms with Crippen LogP contribution in [0, 0.1) is 29.3 Å². The van der Waals surface area contributed by atoms with E-state index in [0.29, 0.717) is 18.9 Å². The Morgan fingerprint density at radius 3 is 2.08 bits per heavy atom. The number of halogens is 3. The van der Waals surface area contributed by atoms with Gasteiger partial charge in [0.15, 0.2) is 28.8 Å². The molecule has 206 valence electrons. The fourth-order valence-electron chi connectivity index (χ4n) is 4.13. The molecule has 0 saturated heterocycles. The first-order valence-corrected chi connectivity index (χ1v) is 12.5. The molecule has 0 bridgehead atoms. The molecule has 0 aliphatic rings. The lowest BCUT2D eigenvalue weighted by Gasteiger charge is -2.29. The van der Waals surface area contributed by atoms with E-state index in [-0.39, 0.29) is 40.9 Å². The van der Waals surface area contributed by atoms with Crippen molar-refractivity contribution in [2.45, 2.75) is 47.1 Å². The van der Waals surface area contributed by atoms with Crippen molar-refractivity contribution in [2.75, 3.05) is 32.1 Å². The van der Waals surface area contributed by atoms with E-state index >= 15 is 0 Å². The Balaban J connectivity index is 2.17. The number of benzene rings is 1. The first-order valence-electron chi connectivity index (χ1n) is 12.5. The number of anilines is 1. The number of esters is 1. The number of hydrogen-bond acceptors (Lipinski definition) is 6. The highest BCUT2D eigenvalue weighted by Crippen LogP contribution is 2.29. The molecule has 1 amide bonds. The largest absolute Gasteiger partial charge is 0.469 e. The first kappa shape index (κ1) is 28.9. The van der Waals surface area contributed by atoms with E-state index < -0.39 is 35.4 Å². The maximum Gasteiger partial charge on any atom is 0.307 e. The van der Waals surface area contributed by atoms with Crippen LogP contribution in [0.25, 0.3) is 16.9 Å². The number of hydrogen-bond donors (Lipinski definition) is 0. The van der Waals surface area contributed by atoms with Gasteiger partial charge in [0.05, 0.1) is 19.2 Å². The molecule has 1 atom stereocenters. The van der Waals surface area contributed by atoms with Crippen LogP contribution >= 0.6 is 0 Å². The summed E-state index contributed by atoms with van der Waals surface area (Å²) in [6, 6.07) is 4.44. The number of nitrogens with zero attached hydrogens (tertiary/aromatic N) is 5. The van der Waals surface area contributed by atoms with E-state index in [1.54, 1.807) is 20.0 Å². The molecule has 0 radical (unpaired) electrons. The van der Waals surface area contributed by atoms with Crippen molar-refractivity contribution in [3.05, 3.63) is 47.4 Å². The third kappa shape index (κ3) is 6.43. The van der Waals surface area contributed by atoms with Crippen molar-refractivity contribution in [1.29, 1.82) is 0 Å². The molecule has 11 heteroatoms. The van der Waals surface area contributed by atoms with Crippen LogP contribution < -0.4 is 4.90 Å². The zero-order valence-electron chi connectivity index (χ0n) is 22.8. The number of ether oxygens (including phenoxy) is 1. The van der Waals surface area contributed by atoms with Crippen molar-refractivity contribution < 1.29 is 27.5 Å². The van der Waals surface area contributed by atoms with Crippen molar-refractivity contribution in [3.63, 3.8) is 0 Å². The second-order valence-corrected chi connectivity index (χ2v) is 10.3. The van der Waals surface area contributed by atoms with Crippen LogP contribution in [0.15, 0.2) is 24.3 Å². The lowest BCUT2D eigenvalue weighted by molar-refractivity contribution is -0.141. The van der Waals surface area contributed by atoms with Crippen molar-refractivity contribution in [1.82, 2.24) is 19.5 Å². The standard InChI is InChI=1S/C27H34F3N5O3/c1-15(2)13-34(14-16(3)4)24-12-21(18-9-19(28)26(30)20(29)10-18)31-23-11-22(32-35(23)24)27(37)33(6)17(5)8-25(36)38-7/h9-12,15-17H,8,13-14H2,1-7H3. The first-order chi connectivity index (χ1) is 17.8. The topological polar surface area (TPSA) is 80.0 Å². The monoisotopic (exact) mass is 533 g/mol. The van der Waals surface area contributed by atoms with Gasteiger partial charge in [-0.25, -0.2) is 18.2 Å². The van der Waals surface area contributed by atoms with Crippen LogP contribution in [0.4, 0.5) is 19.0 Å². The molecular formula is C27H34F3N5O3. The van der Waals surface area contributed by atoms with E-state index in [4.69, 9.17) is 4.74 Å². The van der Waals surface area contributed by atoms with E-state index in [2.05, 4.69) is 42.7 Å². The smallest absolute Gasteiger partial charge is 0.307 e. The summed E-state index contributed by atoms with van der Waals surface area (Å²) in [5.41, 5.74) is 0.615.